The number of hydrogen-bond acceptors (Lipinski definition) is 5. The molecule has 2 N–H and O–H groups in total. The molecule has 1 aliphatic carbocycles. The maximum Gasteiger partial charge on any atom is 0.161 e. The van der Waals surface area contributed by atoms with Gasteiger partial charge in [-0.3, -0.25) is 14.4 Å². The Morgan fingerprint density at radius 1 is 1.36 bits per heavy atom. The van der Waals surface area contributed by atoms with Gasteiger partial charge in [0, 0.05) is 47.2 Å². The van der Waals surface area contributed by atoms with Crippen molar-refractivity contribution >= 4 is 23.1 Å². The number of nitrogens with zero attached hydrogens (tertiary/aromatic N) is 4. The number of rotatable bonds is 2. The molecule has 1 unspecified atom stereocenters. The van der Waals surface area contributed by atoms with Gasteiger partial charge < -0.3 is 5.73 Å². The van der Waals surface area contributed by atoms with Crippen molar-refractivity contribution < 1.29 is 4.79 Å². The van der Waals surface area contributed by atoms with Crippen molar-refractivity contribution in [3.63, 3.8) is 0 Å². The largest absolute Gasteiger partial charge is 0.384 e. The number of nitriles is 1. The Morgan fingerprint density at radius 2 is 2.14 bits per heavy atom. The molecule has 142 valence electrons. The third kappa shape index (κ3) is 2.79. The molecule has 0 saturated carbocycles. The lowest BCUT2D eigenvalue weighted by molar-refractivity contribution is -0.116. The molecule has 0 spiro atoms. The quantitative estimate of drug-likeness (QED) is 0.840. The number of aryl methyl sites for hydroxylation is 2. The number of ketones is 1. The number of benzene rings is 1. The minimum Gasteiger partial charge on any atom is -0.384 e. The monoisotopic (exact) mass is 393 g/mol. The van der Waals surface area contributed by atoms with E-state index < -0.39 is 5.92 Å². The summed E-state index contributed by atoms with van der Waals surface area (Å²) in [5, 5.41) is 14.8. The van der Waals surface area contributed by atoms with Crippen molar-refractivity contribution in [3.8, 4) is 6.07 Å². The molecule has 28 heavy (non-hydrogen) atoms. The van der Waals surface area contributed by atoms with Crippen molar-refractivity contribution in [2.24, 2.45) is 12.8 Å². The summed E-state index contributed by atoms with van der Waals surface area (Å²) in [4.78, 5) is 14.8. The summed E-state index contributed by atoms with van der Waals surface area (Å²) in [6.07, 6.45) is 5.46. The van der Waals surface area contributed by atoms with Crippen LogP contribution in [-0.4, -0.2) is 15.6 Å². The number of anilines is 1. The summed E-state index contributed by atoms with van der Waals surface area (Å²) in [7, 11) is 1.81. The molecular weight excluding hydrogens is 374 g/mol. The summed E-state index contributed by atoms with van der Waals surface area (Å²) >= 11 is 6.34. The van der Waals surface area contributed by atoms with Crippen LogP contribution < -0.4 is 10.6 Å². The fourth-order valence-corrected chi connectivity index (χ4v) is 4.20. The van der Waals surface area contributed by atoms with E-state index in [1.165, 1.54) is 0 Å². The molecule has 1 aromatic carbocycles. The van der Waals surface area contributed by atoms with Gasteiger partial charge in [0.2, 0.25) is 0 Å². The second kappa shape index (κ2) is 6.84. The summed E-state index contributed by atoms with van der Waals surface area (Å²) in [6, 6.07) is 7.90. The molecule has 0 fully saturated rings. The first-order valence-corrected chi connectivity index (χ1v) is 9.51. The number of allylic oxidation sites excluding steroid dienone is 3. The highest BCUT2D eigenvalue weighted by molar-refractivity contribution is 6.31. The number of halogens is 1. The van der Waals surface area contributed by atoms with Gasteiger partial charge in [-0.25, -0.2) is 0 Å². The molecule has 1 atom stereocenters. The molecule has 2 aromatic rings. The van der Waals surface area contributed by atoms with Crippen LogP contribution in [0.25, 0.3) is 0 Å². The average Bonchev–Trinajstić information content (AvgIpc) is 3.09. The van der Waals surface area contributed by atoms with Gasteiger partial charge in [0.15, 0.2) is 5.78 Å². The van der Waals surface area contributed by atoms with Gasteiger partial charge in [-0.05, 0) is 37.5 Å². The SMILES string of the molecule is Cc1ccc(N2C(N)=C(C#N)C(c3cnn(C)c3)C3=C2CCCC3=O)cc1Cl. The molecule has 0 amide bonds. The van der Waals surface area contributed by atoms with Crippen molar-refractivity contribution in [2.75, 3.05) is 4.90 Å². The zero-order valence-corrected chi connectivity index (χ0v) is 16.5. The Balaban J connectivity index is 1.97. The maximum atomic E-state index is 13.0. The van der Waals surface area contributed by atoms with Gasteiger partial charge >= 0.3 is 0 Å². The molecule has 6 nitrogen and oxygen atoms in total. The Labute approximate surface area is 168 Å². The Hall–Kier alpha value is -3.04. The highest BCUT2D eigenvalue weighted by Crippen LogP contribution is 2.46. The predicted octanol–water partition coefficient (Wildman–Crippen LogP) is 3.69. The number of carbonyl (C=O) groups is 1. The summed E-state index contributed by atoms with van der Waals surface area (Å²) in [6.45, 7) is 1.93. The van der Waals surface area contributed by atoms with Crippen LogP contribution >= 0.6 is 11.6 Å². The lowest BCUT2D eigenvalue weighted by Crippen LogP contribution is -2.38. The Morgan fingerprint density at radius 3 is 2.79 bits per heavy atom. The van der Waals surface area contributed by atoms with E-state index in [1.54, 1.807) is 10.9 Å². The summed E-state index contributed by atoms with van der Waals surface area (Å²) < 4.78 is 1.67. The third-order valence-corrected chi connectivity index (χ3v) is 5.79. The minimum atomic E-state index is -0.487. The number of nitrogens with two attached hydrogens (primary N) is 1. The van der Waals surface area contributed by atoms with E-state index in [-0.39, 0.29) is 5.78 Å². The molecule has 7 heteroatoms. The highest BCUT2D eigenvalue weighted by atomic mass is 35.5. The normalized spacial score (nSPS) is 19.7. The number of Topliss-reactive ketones (excluding diaryl/α,β-unsaturated/α-hetero) is 1. The van der Waals surface area contributed by atoms with Gasteiger partial charge in [0.05, 0.1) is 23.8 Å². The molecule has 0 saturated heterocycles. The fourth-order valence-electron chi connectivity index (χ4n) is 4.02. The van der Waals surface area contributed by atoms with E-state index >= 15 is 0 Å². The Kier molecular flexibility index (Phi) is 4.48. The minimum absolute atomic E-state index is 0.0542. The van der Waals surface area contributed by atoms with E-state index in [2.05, 4.69) is 11.2 Å². The molecule has 2 heterocycles. The van der Waals surface area contributed by atoms with E-state index in [4.69, 9.17) is 17.3 Å². The van der Waals surface area contributed by atoms with Gasteiger partial charge in [0.1, 0.15) is 5.82 Å². The van der Waals surface area contributed by atoms with E-state index in [0.717, 1.165) is 28.9 Å². The van der Waals surface area contributed by atoms with Gasteiger partial charge in [0.25, 0.3) is 0 Å². The number of carbonyl (C=O) groups excluding carboxylic acids is 1. The van der Waals surface area contributed by atoms with Crippen LogP contribution in [0.15, 0.2) is 53.3 Å². The van der Waals surface area contributed by atoms with Crippen LogP contribution in [0.1, 0.15) is 36.3 Å². The van der Waals surface area contributed by atoms with Gasteiger partial charge in [-0.15, -0.1) is 0 Å². The second-order valence-corrected chi connectivity index (χ2v) is 7.60. The first-order chi connectivity index (χ1) is 13.4. The molecular formula is C21H20ClN5O. The molecule has 2 aliphatic rings. The van der Waals surface area contributed by atoms with Crippen LogP contribution in [0.4, 0.5) is 5.69 Å². The first kappa shape index (κ1) is 18.3. The molecule has 1 aromatic heterocycles. The molecule has 0 bridgehead atoms. The first-order valence-electron chi connectivity index (χ1n) is 9.13. The Bertz CT molecular complexity index is 1090. The topological polar surface area (TPSA) is 87.9 Å². The summed E-state index contributed by atoms with van der Waals surface area (Å²) in [5.41, 5.74) is 10.9. The third-order valence-electron chi connectivity index (χ3n) is 5.39. The van der Waals surface area contributed by atoms with Crippen molar-refractivity contribution in [3.05, 3.63) is 69.4 Å². The predicted molar refractivity (Wildman–Crippen MR) is 107 cm³/mol. The molecule has 4 rings (SSSR count). The van der Waals surface area contributed by atoms with Gasteiger partial charge in [-0.2, -0.15) is 10.4 Å². The lowest BCUT2D eigenvalue weighted by Gasteiger charge is -2.39. The summed E-state index contributed by atoms with van der Waals surface area (Å²) in [5.74, 6) is -0.0954. The van der Waals surface area contributed by atoms with Crippen molar-refractivity contribution in [1.82, 2.24) is 9.78 Å². The van der Waals surface area contributed by atoms with Crippen LogP contribution in [0.5, 0.6) is 0 Å². The van der Waals surface area contributed by atoms with E-state index in [1.807, 2.05) is 43.3 Å². The zero-order chi connectivity index (χ0) is 20.0. The van der Waals surface area contributed by atoms with E-state index in [9.17, 15) is 10.1 Å². The smallest absolute Gasteiger partial charge is 0.161 e. The zero-order valence-electron chi connectivity index (χ0n) is 15.7. The standard InChI is InChI=1S/C21H20ClN5O/c1-12-6-7-14(8-16(12)22)27-17-4-3-5-18(28)20(17)19(15(9-23)21(27)24)13-10-25-26(2)11-13/h6-8,10-11,19H,3-5,24H2,1-2H3. The van der Waals surface area contributed by atoms with Crippen LogP contribution in [-0.2, 0) is 11.8 Å². The van der Waals surface area contributed by atoms with E-state index in [0.29, 0.717) is 34.8 Å². The lowest BCUT2D eigenvalue weighted by atomic mass is 9.76. The van der Waals surface area contributed by atoms with Gasteiger partial charge in [-0.1, -0.05) is 17.7 Å². The van der Waals surface area contributed by atoms with Crippen LogP contribution in [0.3, 0.4) is 0 Å². The van der Waals surface area contributed by atoms with Crippen molar-refractivity contribution in [1.29, 1.82) is 5.26 Å². The fraction of sp³-hybridized carbons (Fsp3) is 0.286. The second-order valence-electron chi connectivity index (χ2n) is 7.20. The highest BCUT2D eigenvalue weighted by Gasteiger charge is 2.40. The van der Waals surface area contributed by atoms with Crippen molar-refractivity contribution in [2.45, 2.75) is 32.1 Å². The molecule has 1 aliphatic heterocycles. The number of hydrogen-bond donors (Lipinski definition) is 1. The number of aromatic nitrogens is 2. The maximum absolute atomic E-state index is 13.0. The van der Waals surface area contributed by atoms with Crippen LogP contribution in [0.2, 0.25) is 5.02 Å². The average molecular weight is 394 g/mol. The molecule has 0 radical (unpaired) electrons. The van der Waals surface area contributed by atoms with Crippen LogP contribution in [0, 0.1) is 18.3 Å².